The minimum absolute atomic E-state index is 0.0251. The average molecular weight is 436 g/mol. The maximum atomic E-state index is 12.2. The molecule has 0 saturated heterocycles. The first kappa shape index (κ1) is 19.9. The molecule has 3 aliphatic rings. The number of hydrogen-bond acceptors (Lipinski definition) is 9. The molecule has 0 aromatic heterocycles. The Kier molecular flexibility index (Phi) is 5.13. The minimum Gasteiger partial charge on any atom is -0.461 e. The van der Waals surface area contributed by atoms with Crippen molar-refractivity contribution in [3.05, 3.63) is 36.0 Å². The summed E-state index contributed by atoms with van der Waals surface area (Å²) in [5.41, 5.74) is 4.72. The maximum Gasteiger partial charge on any atom is 0.363 e. The third-order valence-corrected chi connectivity index (χ3v) is 7.23. The van der Waals surface area contributed by atoms with Crippen molar-refractivity contribution in [2.24, 2.45) is 15.1 Å². The van der Waals surface area contributed by atoms with Gasteiger partial charge in [0, 0.05) is 6.20 Å². The molecule has 1 spiro atoms. The number of carbonyl (C=O) groups excluding carboxylic acids is 1. The first-order chi connectivity index (χ1) is 13.8. The van der Waals surface area contributed by atoms with Crippen LogP contribution in [0.2, 0.25) is 0 Å². The number of aliphatic imine (C=N–C) groups is 2. The van der Waals surface area contributed by atoms with Gasteiger partial charge in [0.05, 0.1) is 23.2 Å². The molecule has 1 aliphatic carbocycles. The maximum absolute atomic E-state index is 12.2. The van der Waals surface area contributed by atoms with E-state index in [0.29, 0.717) is 17.3 Å². The molecule has 1 saturated carbocycles. The van der Waals surface area contributed by atoms with Gasteiger partial charge in [-0.05, 0) is 50.0 Å². The number of carbonyl (C=O) groups is 1. The van der Waals surface area contributed by atoms with Crippen molar-refractivity contribution in [3.63, 3.8) is 0 Å². The van der Waals surface area contributed by atoms with E-state index in [-0.39, 0.29) is 10.9 Å². The monoisotopic (exact) mass is 435 g/mol. The fourth-order valence-electron chi connectivity index (χ4n) is 3.62. The minimum atomic E-state index is -3.79. The molecular weight excluding hydrogens is 414 g/mol. The molecule has 154 valence electrons. The predicted molar refractivity (Wildman–Crippen MR) is 112 cm³/mol. The van der Waals surface area contributed by atoms with Gasteiger partial charge in [0.25, 0.3) is 0 Å². The third-order valence-electron chi connectivity index (χ3n) is 4.90. The summed E-state index contributed by atoms with van der Waals surface area (Å²) in [5.74, 6) is -0.406. The van der Waals surface area contributed by atoms with Gasteiger partial charge < -0.3 is 4.74 Å². The van der Waals surface area contributed by atoms with Crippen LogP contribution in [0, 0.1) is 0 Å². The predicted octanol–water partition coefficient (Wildman–Crippen LogP) is 1.85. The fraction of sp³-hybridized carbons (Fsp3) is 0.389. The van der Waals surface area contributed by atoms with Gasteiger partial charge in [-0.25, -0.2) is 23.3 Å². The Morgan fingerprint density at radius 2 is 2.31 bits per heavy atom. The van der Waals surface area contributed by atoms with E-state index in [9.17, 15) is 13.2 Å². The Morgan fingerprint density at radius 1 is 1.48 bits per heavy atom. The van der Waals surface area contributed by atoms with E-state index < -0.39 is 20.9 Å². The number of hydrazine groups is 1. The summed E-state index contributed by atoms with van der Waals surface area (Å²) in [5, 5.41) is 7.24. The van der Waals surface area contributed by atoms with E-state index >= 15 is 0 Å². The number of esters is 1. The normalized spacial score (nSPS) is 25.6. The number of ether oxygens (including phenoxy) is 1. The number of thioether (sulfide) groups is 1. The number of nitrogens with one attached hydrogen (secondary N) is 1. The van der Waals surface area contributed by atoms with Crippen LogP contribution in [0.4, 0.5) is 5.69 Å². The number of hydrogen-bond donors (Lipinski definition) is 2. The van der Waals surface area contributed by atoms with Gasteiger partial charge in [0.15, 0.2) is 9.91 Å². The van der Waals surface area contributed by atoms with Gasteiger partial charge in [0.2, 0.25) is 10.0 Å². The molecule has 2 atom stereocenters. The molecule has 2 unspecified atom stereocenters. The van der Waals surface area contributed by atoms with Gasteiger partial charge in [-0.1, -0.05) is 17.8 Å². The van der Waals surface area contributed by atoms with Crippen molar-refractivity contribution < 1.29 is 17.9 Å². The second-order valence-electron chi connectivity index (χ2n) is 6.85. The zero-order valence-corrected chi connectivity index (χ0v) is 17.4. The Balaban J connectivity index is 1.55. The van der Waals surface area contributed by atoms with Crippen LogP contribution in [0.25, 0.3) is 0 Å². The van der Waals surface area contributed by atoms with E-state index in [2.05, 4.69) is 10.4 Å². The molecule has 0 amide bonds. The van der Waals surface area contributed by atoms with Crippen molar-refractivity contribution in [2.45, 2.75) is 42.0 Å². The number of nitrogens with zero attached hydrogens (tertiary/aromatic N) is 3. The molecule has 29 heavy (non-hydrogen) atoms. The molecule has 9 nitrogen and oxygen atoms in total. The largest absolute Gasteiger partial charge is 0.461 e. The summed E-state index contributed by atoms with van der Waals surface area (Å²) in [6.45, 7) is 2.07. The van der Waals surface area contributed by atoms with Gasteiger partial charge in [-0.15, -0.1) is 0 Å². The molecule has 0 bridgehead atoms. The Bertz CT molecular complexity index is 1040. The molecule has 1 aromatic rings. The summed E-state index contributed by atoms with van der Waals surface area (Å²) in [6.07, 6.45) is 6.19. The summed E-state index contributed by atoms with van der Waals surface area (Å²) in [7, 11) is -3.79. The molecule has 1 aromatic carbocycles. The second-order valence-corrected chi connectivity index (χ2v) is 9.63. The van der Waals surface area contributed by atoms with Crippen LogP contribution < -0.4 is 10.6 Å². The smallest absolute Gasteiger partial charge is 0.363 e. The lowest BCUT2D eigenvalue weighted by Gasteiger charge is -2.39. The molecule has 3 N–H and O–H groups in total. The van der Waals surface area contributed by atoms with Crippen molar-refractivity contribution in [3.8, 4) is 0 Å². The van der Waals surface area contributed by atoms with Crippen LogP contribution in [0.5, 0.6) is 0 Å². The van der Waals surface area contributed by atoms with Gasteiger partial charge in [0.1, 0.15) is 6.34 Å². The Morgan fingerprint density at radius 3 is 3.07 bits per heavy atom. The number of sulfonamides is 1. The molecule has 0 radical (unpaired) electrons. The van der Waals surface area contributed by atoms with Crippen molar-refractivity contribution in [2.75, 3.05) is 12.0 Å². The highest BCUT2D eigenvalue weighted by molar-refractivity contribution is 8.17. The highest BCUT2D eigenvalue weighted by atomic mass is 32.2. The highest BCUT2D eigenvalue weighted by Crippen LogP contribution is 2.52. The summed E-state index contributed by atoms with van der Waals surface area (Å²) >= 11 is 1.35. The summed E-state index contributed by atoms with van der Waals surface area (Å²) < 4.78 is 28.2. The van der Waals surface area contributed by atoms with Crippen LogP contribution in [-0.4, -0.2) is 48.3 Å². The lowest BCUT2D eigenvalue weighted by molar-refractivity contribution is -0.134. The van der Waals surface area contributed by atoms with E-state index in [0.717, 1.165) is 24.8 Å². The standard InChI is InChI=1S/C18H21N5O4S2/c1-2-27-17(24)16-21-15-8-3-5-12-10-23(11-20-18(12,15)28-16)22-13-6-4-7-14(9-13)29(19,25)26/h4,6-7,9-11,15,22H,2-3,5,8H2,1H3,(H2,19,25,26). The molecule has 1 fully saturated rings. The zero-order chi connectivity index (χ0) is 20.6. The second kappa shape index (κ2) is 7.47. The molecular formula is C18H21N5O4S2. The SMILES string of the molecule is CCOC(=O)C1=NC2CCCC3=CN(Nc4cccc(S(N)(=O)=O)c4)C=NC32S1. The van der Waals surface area contributed by atoms with Crippen LogP contribution in [0.3, 0.4) is 0 Å². The van der Waals surface area contributed by atoms with E-state index in [1.165, 1.54) is 23.9 Å². The van der Waals surface area contributed by atoms with Gasteiger partial charge in [-0.3, -0.25) is 15.4 Å². The van der Waals surface area contributed by atoms with E-state index in [1.54, 1.807) is 30.4 Å². The van der Waals surface area contributed by atoms with Gasteiger partial charge in [-0.2, -0.15) is 0 Å². The number of primary sulfonamides is 1. The van der Waals surface area contributed by atoms with Crippen molar-refractivity contribution >= 4 is 44.8 Å². The van der Waals surface area contributed by atoms with Crippen LogP contribution >= 0.6 is 11.8 Å². The number of benzene rings is 1. The molecule has 4 rings (SSSR count). The lowest BCUT2D eigenvalue weighted by atomic mass is 9.85. The van der Waals surface area contributed by atoms with Crippen LogP contribution in [0.1, 0.15) is 26.2 Å². The Labute approximate surface area is 173 Å². The first-order valence-electron chi connectivity index (χ1n) is 9.20. The van der Waals surface area contributed by atoms with Crippen LogP contribution in [-0.2, 0) is 19.6 Å². The number of rotatable bonds is 5. The van der Waals surface area contributed by atoms with Crippen molar-refractivity contribution in [1.82, 2.24) is 5.01 Å². The third kappa shape index (κ3) is 3.77. The number of nitrogens with two attached hydrogens (primary N) is 1. The van der Waals surface area contributed by atoms with E-state index in [4.69, 9.17) is 14.9 Å². The molecule has 11 heteroatoms. The topological polar surface area (TPSA) is 126 Å². The first-order valence-corrected chi connectivity index (χ1v) is 11.6. The fourth-order valence-corrected chi connectivity index (χ4v) is 5.49. The number of anilines is 1. The highest BCUT2D eigenvalue weighted by Gasteiger charge is 2.52. The summed E-state index contributed by atoms with van der Waals surface area (Å²) in [6, 6.07) is 6.15. The van der Waals surface area contributed by atoms with Gasteiger partial charge >= 0.3 is 5.97 Å². The zero-order valence-electron chi connectivity index (χ0n) is 15.7. The lowest BCUT2D eigenvalue weighted by Crippen LogP contribution is -2.43. The quantitative estimate of drug-likeness (QED) is 0.676. The van der Waals surface area contributed by atoms with E-state index in [1.807, 2.05) is 6.20 Å². The summed E-state index contributed by atoms with van der Waals surface area (Å²) in [4.78, 5) is 20.9. The molecule has 2 aliphatic heterocycles. The van der Waals surface area contributed by atoms with Crippen LogP contribution in [0.15, 0.2) is 50.9 Å². The average Bonchev–Trinajstić information content (AvgIpc) is 3.07. The molecule has 2 heterocycles. The van der Waals surface area contributed by atoms with Crippen molar-refractivity contribution in [1.29, 1.82) is 0 Å². The Hall–Kier alpha value is -2.37.